The number of nitrogens with zero attached hydrogens (tertiary/aromatic N) is 3. The molecule has 0 amide bonds. The predicted octanol–water partition coefficient (Wildman–Crippen LogP) is 1.28. The van der Waals surface area contributed by atoms with Crippen molar-refractivity contribution in [2.24, 2.45) is 12.9 Å². The monoisotopic (exact) mass is 245 g/mol. The van der Waals surface area contributed by atoms with Gasteiger partial charge in [0.25, 0.3) is 0 Å². The molecule has 6 nitrogen and oxygen atoms in total. The van der Waals surface area contributed by atoms with Gasteiger partial charge < -0.3 is 4.74 Å². The standard InChI is InChI=1S/C12H15N5O/c1-17-11(15-16-12(17)14-13)8-5-9-3-6-10(18-2)7-4-9/h3-8H,13H2,1-2H3,(H,14,16)/b8-5+. The molecule has 1 heterocycles. The van der Waals surface area contributed by atoms with Gasteiger partial charge in [-0.15, -0.1) is 10.2 Å². The average molecular weight is 245 g/mol. The van der Waals surface area contributed by atoms with E-state index in [0.29, 0.717) is 5.95 Å². The molecule has 2 rings (SSSR count). The van der Waals surface area contributed by atoms with Crippen LogP contribution >= 0.6 is 0 Å². The third-order valence-corrected chi connectivity index (χ3v) is 2.58. The number of hydrogen-bond acceptors (Lipinski definition) is 5. The van der Waals surface area contributed by atoms with Crippen LogP contribution in [0.2, 0.25) is 0 Å². The maximum absolute atomic E-state index is 5.29. The normalized spacial score (nSPS) is 10.8. The first kappa shape index (κ1) is 12.1. The molecule has 94 valence electrons. The number of anilines is 1. The van der Waals surface area contributed by atoms with Gasteiger partial charge in [-0.25, -0.2) is 5.84 Å². The minimum atomic E-state index is 0.518. The van der Waals surface area contributed by atoms with E-state index in [-0.39, 0.29) is 0 Å². The molecule has 0 fully saturated rings. The van der Waals surface area contributed by atoms with Crippen molar-refractivity contribution in [2.45, 2.75) is 0 Å². The van der Waals surface area contributed by atoms with E-state index in [1.54, 1.807) is 11.7 Å². The zero-order valence-electron chi connectivity index (χ0n) is 10.3. The number of methoxy groups -OCH3 is 1. The van der Waals surface area contributed by atoms with Crippen LogP contribution in [0.25, 0.3) is 12.2 Å². The topological polar surface area (TPSA) is 78.0 Å². The molecule has 1 aromatic carbocycles. The van der Waals surface area contributed by atoms with Gasteiger partial charge in [0.05, 0.1) is 7.11 Å². The lowest BCUT2D eigenvalue weighted by Crippen LogP contribution is -2.11. The molecule has 1 aromatic heterocycles. The second-order valence-electron chi connectivity index (χ2n) is 3.69. The maximum atomic E-state index is 5.29. The van der Waals surface area contributed by atoms with Crippen LogP contribution in [0.3, 0.4) is 0 Å². The Morgan fingerprint density at radius 3 is 2.50 bits per heavy atom. The lowest BCUT2D eigenvalue weighted by molar-refractivity contribution is 0.415. The molecule has 0 saturated carbocycles. The largest absolute Gasteiger partial charge is 0.497 e. The van der Waals surface area contributed by atoms with E-state index in [4.69, 9.17) is 10.6 Å². The van der Waals surface area contributed by atoms with Crippen molar-refractivity contribution in [3.8, 4) is 5.75 Å². The van der Waals surface area contributed by atoms with Gasteiger partial charge in [0.2, 0.25) is 5.95 Å². The first-order valence-corrected chi connectivity index (χ1v) is 5.42. The highest BCUT2D eigenvalue weighted by Crippen LogP contribution is 2.14. The summed E-state index contributed by atoms with van der Waals surface area (Å²) in [5.74, 6) is 7.36. The number of nitrogens with one attached hydrogen (secondary N) is 1. The summed E-state index contributed by atoms with van der Waals surface area (Å²) in [4.78, 5) is 0. The molecule has 0 atom stereocenters. The number of benzene rings is 1. The summed E-state index contributed by atoms with van der Waals surface area (Å²) in [5, 5.41) is 7.87. The molecule has 0 bridgehead atoms. The summed E-state index contributed by atoms with van der Waals surface area (Å²) < 4.78 is 6.86. The Morgan fingerprint density at radius 1 is 1.22 bits per heavy atom. The second kappa shape index (κ2) is 5.33. The van der Waals surface area contributed by atoms with Crippen LogP contribution in [-0.4, -0.2) is 21.9 Å². The molecule has 3 N–H and O–H groups in total. The molecule has 6 heteroatoms. The van der Waals surface area contributed by atoms with Crippen molar-refractivity contribution in [2.75, 3.05) is 12.5 Å². The van der Waals surface area contributed by atoms with Crippen molar-refractivity contribution >= 4 is 18.1 Å². The van der Waals surface area contributed by atoms with E-state index in [2.05, 4.69) is 15.6 Å². The Labute approximate surface area is 105 Å². The number of ether oxygens (including phenoxy) is 1. The van der Waals surface area contributed by atoms with Crippen molar-refractivity contribution in [1.82, 2.24) is 14.8 Å². The number of nitrogen functional groups attached to an aromatic ring is 1. The van der Waals surface area contributed by atoms with E-state index >= 15 is 0 Å². The molecule has 0 saturated heterocycles. The van der Waals surface area contributed by atoms with Gasteiger partial charge in [-0.1, -0.05) is 18.2 Å². The first-order chi connectivity index (χ1) is 8.74. The summed E-state index contributed by atoms with van der Waals surface area (Å²) in [6, 6.07) is 7.74. The molecule has 0 aliphatic carbocycles. The number of hydrazine groups is 1. The molecule has 0 spiro atoms. The zero-order chi connectivity index (χ0) is 13.0. The lowest BCUT2D eigenvalue weighted by Gasteiger charge is -2.00. The number of nitrogens with two attached hydrogens (primary N) is 1. The summed E-state index contributed by atoms with van der Waals surface area (Å²) in [5.41, 5.74) is 3.52. The van der Waals surface area contributed by atoms with Gasteiger partial charge in [0, 0.05) is 7.05 Å². The quantitative estimate of drug-likeness (QED) is 0.626. The fourth-order valence-electron chi connectivity index (χ4n) is 1.50. The smallest absolute Gasteiger partial charge is 0.238 e. The Morgan fingerprint density at radius 2 is 1.94 bits per heavy atom. The number of aromatic nitrogens is 3. The fraction of sp³-hybridized carbons (Fsp3) is 0.167. The molecule has 0 aliphatic heterocycles. The molecule has 0 radical (unpaired) electrons. The van der Waals surface area contributed by atoms with Crippen molar-refractivity contribution in [3.63, 3.8) is 0 Å². The van der Waals surface area contributed by atoms with Crippen LogP contribution in [0.4, 0.5) is 5.95 Å². The van der Waals surface area contributed by atoms with Crippen LogP contribution in [0, 0.1) is 0 Å². The minimum absolute atomic E-state index is 0.518. The maximum Gasteiger partial charge on any atom is 0.238 e. The minimum Gasteiger partial charge on any atom is -0.497 e. The van der Waals surface area contributed by atoms with Crippen molar-refractivity contribution in [1.29, 1.82) is 0 Å². The van der Waals surface area contributed by atoms with E-state index < -0.39 is 0 Å². The van der Waals surface area contributed by atoms with Gasteiger partial charge in [-0.3, -0.25) is 9.99 Å². The van der Waals surface area contributed by atoms with E-state index in [1.807, 2.05) is 43.5 Å². The molecule has 2 aromatic rings. The van der Waals surface area contributed by atoms with Gasteiger partial charge in [-0.2, -0.15) is 0 Å². The summed E-state index contributed by atoms with van der Waals surface area (Å²) in [6.45, 7) is 0. The predicted molar refractivity (Wildman–Crippen MR) is 70.7 cm³/mol. The SMILES string of the molecule is COc1ccc(/C=C/c2nnc(NN)n2C)cc1. The zero-order valence-corrected chi connectivity index (χ0v) is 10.3. The van der Waals surface area contributed by atoms with Crippen LogP contribution < -0.4 is 16.0 Å². The van der Waals surface area contributed by atoms with Crippen LogP contribution in [0.15, 0.2) is 24.3 Å². The Kier molecular flexibility index (Phi) is 3.59. The van der Waals surface area contributed by atoms with Crippen molar-refractivity contribution < 1.29 is 4.74 Å². The third-order valence-electron chi connectivity index (χ3n) is 2.58. The number of hydrogen-bond donors (Lipinski definition) is 2. The van der Waals surface area contributed by atoms with Crippen LogP contribution in [-0.2, 0) is 7.05 Å². The molecule has 18 heavy (non-hydrogen) atoms. The van der Waals surface area contributed by atoms with Crippen molar-refractivity contribution in [3.05, 3.63) is 35.7 Å². The fourth-order valence-corrected chi connectivity index (χ4v) is 1.50. The molecule has 0 unspecified atom stereocenters. The highest BCUT2D eigenvalue weighted by molar-refractivity contribution is 5.67. The average Bonchev–Trinajstić information content (AvgIpc) is 2.77. The third kappa shape index (κ3) is 2.49. The van der Waals surface area contributed by atoms with E-state index in [9.17, 15) is 0 Å². The summed E-state index contributed by atoms with van der Waals surface area (Å²) in [6.07, 6.45) is 3.82. The van der Waals surface area contributed by atoms with Gasteiger partial charge in [0.15, 0.2) is 5.82 Å². The van der Waals surface area contributed by atoms with E-state index in [1.165, 1.54) is 0 Å². The highest BCUT2D eigenvalue weighted by atomic mass is 16.5. The van der Waals surface area contributed by atoms with E-state index in [0.717, 1.165) is 17.1 Å². The van der Waals surface area contributed by atoms with Crippen LogP contribution in [0.1, 0.15) is 11.4 Å². The van der Waals surface area contributed by atoms with Gasteiger partial charge in [0.1, 0.15) is 5.75 Å². The van der Waals surface area contributed by atoms with Gasteiger partial charge in [-0.05, 0) is 23.8 Å². The summed E-state index contributed by atoms with van der Waals surface area (Å²) in [7, 11) is 3.48. The lowest BCUT2D eigenvalue weighted by atomic mass is 10.2. The van der Waals surface area contributed by atoms with Gasteiger partial charge >= 0.3 is 0 Å². The Bertz CT molecular complexity index is 544. The van der Waals surface area contributed by atoms with Crippen LogP contribution in [0.5, 0.6) is 5.75 Å². The Hall–Kier alpha value is -2.34. The first-order valence-electron chi connectivity index (χ1n) is 5.42. The molecule has 0 aliphatic rings. The molecular formula is C12H15N5O. The molecular weight excluding hydrogens is 230 g/mol. The number of rotatable bonds is 4. The highest BCUT2D eigenvalue weighted by Gasteiger charge is 2.03. The second-order valence-corrected chi connectivity index (χ2v) is 3.69. The Balaban J connectivity index is 2.16. The summed E-state index contributed by atoms with van der Waals surface area (Å²) >= 11 is 0.